The van der Waals surface area contributed by atoms with Crippen molar-refractivity contribution >= 4 is 51.9 Å². The van der Waals surface area contributed by atoms with Crippen LogP contribution in [0.1, 0.15) is 5.56 Å². The minimum atomic E-state index is -0.227. The second-order valence-corrected chi connectivity index (χ2v) is 7.64. The zero-order valence-electron chi connectivity index (χ0n) is 14.5. The van der Waals surface area contributed by atoms with Crippen LogP contribution in [-0.2, 0) is 9.53 Å². The first kappa shape index (κ1) is 18.1. The van der Waals surface area contributed by atoms with E-state index in [1.807, 2.05) is 18.2 Å². The van der Waals surface area contributed by atoms with Gasteiger partial charge in [-0.2, -0.15) is 0 Å². The van der Waals surface area contributed by atoms with E-state index in [-0.39, 0.29) is 11.1 Å². The van der Waals surface area contributed by atoms with Crippen LogP contribution in [0.5, 0.6) is 0 Å². The van der Waals surface area contributed by atoms with E-state index >= 15 is 0 Å². The van der Waals surface area contributed by atoms with Gasteiger partial charge in [-0.05, 0) is 47.7 Å². The lowest BCUT2D eigenvalue weighted by Crippen LogP contribution is -2.36. The number of anilines is 2. The lowest BCUT2D eigenvalue weighted by atomic mass is 10.1. The molecule has 2 aromatic rings. The van der Waals surface area contributed by atoms with Crippen LogP contribution < -0.4 is 9.80 Å². The zero-order chi connectivity index (χ0) is 18.8. The molecule has 2 aliphatic rings. The monoisotopic (exact) mass is 399 g/mol. The molecule has 27 heavy (non-hydrogen) atoms. The molecule has 138 valence electrons. The van der Waals surface area contributed by atoms with Gasteiger partial charge in [-0.25, -0.2) is 0 Å². The van der Waals surface area contributed by atoms with E-state index < -0.39 is 0 Å². The predicted molar refractivity (Wildman–Crippen MR) is 112 cm³/mol. The Labute approximate surface area is 167 Å². The SMILES string of the molecule is N=C1S/C(=C/c2ccc(N3CCOCC3)cc2)C(=O)N1c1ccccc1Cl. The molecule has 0 radical (unpaired) electrons. The van der Waals surface area contributed by atoms with Gasteiger partial charge >= 0.3 is 0 Å². The molecule has 2 fully saturated rings. The molecule has 0 aliphatic carbocycles. The molecule has 2 heterocycles. The zero-order valence-corrected chi connectivity index (χ0v) is 16.1. The van der Waals surface area contributed by atoms with Crippen LogP contribution >= 0.6 is 23.4 Å². The second kappa shape index (κ2) is 7.76. The highest BCUT2D eigenvalue weighted by molar-refractivity contribution is 8.19. The Morgan fingerprint density at radius 1 is 1.07 bits per heavy atom. The van der Waals surface area contributed by atoms with Crippen molar-refractivity contribution in [3.8, 4) is 0 Å². The number of para-hydroxylation sites is 1. The summed E-state index contributed by atoms with van der Waals surface area (Å²) in [5.74, 6) is -0.227. The van der Waals surface area contributed by atoms with E-state index in [1.54, 1.807) is 24.3 Å². The molecule has 0 unspecified atom stereocenters. The maximum absolute atomic E-state index is 12.8. The van der Waals surface area contributed by atoms with Crippen molar-refractivity contribution in [2.45, 2.75) is 0 Å². The molecular weight excluding hydrogens is 382 g/mol. The third kappa shape index (κ3) is 3.74. The minimum Gasteiger partial charge on any atom is -0.378 e. The second-order valence-electron chi connectivity index (χ2n) is 6.20. The first-order valence-electron chi connectivity index (χ1n) is 8.63. The van der Waals surface area contributed by atoms with Gasteiger partial charge in [-0.1, -0.05) is 35.9 Å². The largest absolute Gasteiger partial charge is 0.378 e. The third-order valence-electron chi connectivity index (χ3n) is 4.48. The van der Waals surface area contributed by atoms with Crippen LogP contribution in [-0.4, -0.2) is 37.4 Å². The highest BCUT2D eigenvalue weighted by atomic mass is 35.5. The van der Waals surface area contributed by atoms with Crippen molar-refractivity contribution in [1.82, 2.24) is 0 Å². The fourth-order valence-corrected chi connectivity index (χ4v) is 4.17. The molecule has 0 atom stereocenters. The standard InChI is InChI=1S/C20H18ClN3O2S/c21-16-3-1-2-4-17(16)24-19(25)18(27-20(24)22)13-14-5-7-15(8-6-14)23-9-11-26-12-10-23/h1-8,13,22H,9-12H2/b18-13+,22-20?. The summed E-state index contributed by atoms with van der Waals surface area (Å²) in [7, 11) is 0. The lowest BCUT2D eigenvalue weighted by molar-refractivity contribution is -0.113. The number of amidine groups is 1. The summed E-state index contributed by atoms with van der Waals surface area (Å²) in [5.41, 5.74) is 2.61. The number of hydrogen-bond donors (Lipinski definition) is 1. The summed E-state index contributed by atoms with van der Waals surface area (Å²) < 4.78 is 5.38. The van der Waals surface area contributed by atoms with Crippen molar-refractivity contribution in [2.24, 2.45) is 0 Å². The molecule has 5 nitrogen and oxygen atoms in total. The molecule has 1 N–H and O–H groups in total. The van der Waals surface area contributed by atoms with E-state index in [0.29, 0.717) is 15.6 Å². The first-order valence-corrected chi connectivity index (χ1v) is 9.83. The average Bonchev–Trinajstić information content (AvgIpc) is 2.97. The fraction of sp³-hybridized carbons (Fsp3) is 0.200. The van der Waals surface area contributed by atoms with Crippen molar-refractivity contribution in [1.29, 1.82) is 5.41 Å². The highest BCUT2D eigenvalue weighted by Gasteiger charge is 2.34. The minimum absolute atomic E-state index is 0.157. The fourth-order valence-electron chi connectivity index (χ4n) is 3.09. The van der Waals surface area contributed by atoms with Crippen LogP contribution in [0.25, 0.3) is 6.08 Å². The van der Waals surface area contributed by atoms with E-state index in [4.69, 9.17) is 21.7 Å². The van der Waals surface area contributed by atoms with Crippen molar-refractivity contribution in [3.63, 3.8) is 0 Å². The number of thioether (sulfide) groups is 1. The maximum Gasteiger partial charge on any atom is 0.271 e. The lowest BCUT2D eigenvalue weighted by Gasteiger charge is -2.28. The van der Waals surface area contributed by atoms with Crippen LogP contribution in [0.2, 0.25) is 5.02 Å². The number of benzene rings is 2. The molecule has 7 heteroatoms. The number of hydrogen-bond acceptors (Lipinski definition) is 5. The van der Waals surface area contributed by atoms with Crippen LogP contribution in [0.15, 0.2) is 53.4 Å². The summed E-state index contributed by atoms with van der Waals surface area (Å²) in [6.07, 6.45) is 1.82. The normalized spacial score (nSPS) is 19.2. The van der Waals surface area contributed by atoms with Gasteiger partial charge in [0.2, 0.25) is 0 Å². The summed E-state index contributed by atoms with van der Waals surface area (Å²) >= 11 is 7.35. The number of amides is 1. The van der Waals surface area contributed by atoms with E-state index in [2.05, 4.69) is 17.0 Å². The molecular formula is C20H18ClN3O2S. The molecule has 1 amide bonds. The predicted octanol–water partition coefficient (Wildman–Crippen LogP) is 4.23. The molecule has 2 aliphatic heterocycles. The Bertz CT molecular complexity index is 908. The topological polar surface area (TPSA) is 56.6 Å². The van der Waals surface area contributed by atoms with Gasteiger partial charge in [0.15, 0.2) is 5.17 Å². The molecule has 0 aromatic heterocycles. The first-order chi connectivity index (χ1) is 13.1. The summed E-state index contributed by atoms with van der Waals surface area (Å²) in [6.45, 7) is 3.27. The van der Waals surface area contributed by atoms with Gasteiger partial charge in [0, 0.05) is 18.8 Å². The summed E-state index contributed by atoms with van der Waals surface area (Å²) in [6, 6.07) is 15.2. The molecule has 2 aromatic carbocycles. The Balaban J connectivity index is 1.55. The Kier molecular flexibility index (Phi) is 5.20. The Hall–Kier alpha value is -2.28. The highest BCUT2D eigenvalue weighted by Crippen LogP contribution is 2.38. The Morgan fingerprint density at radius 3 is 2.48 bits per heavy atom. The number of nitrogens with one attached hydrogen (secondary N) is 1. The van der Waals surface area contributed by atoms with Gasteiger partial charge < -0.3 is 9.64 Å². The van der Waals surface area contributed by atoms with Crippen molar-refractivity contribution < 1.29 is 9.53 Å². The number of nitrogens with zero attached hydrogens (tertiary/aromatic N) is 2. The summed E-state index contributed by atoms with van der Waals surface area (Å²) in [4.78, 5) is 16.9. The molecule has 2 saturated heterocycles. The number of carbonyl (C=O) groups is 1. The van der Waals surface area contributed by atoms with Crippen LogP contribution in [0.4, 0.5) is 11.4 Å². The van der Waals surface area contributed by atoms with Gasteiger partial charge in [-0.3, -0.25) is 15.1 Å². The van der Waals surface area contributed by atoms with E-state index in [9.17, 15) is 4.79 Å². The van der Waals surface area contributed by atoms with Gasteiger partial charge in [-0.15, -0.1) is 0 Å². The molecule has 0 spiro atoms. The number of morpholine rings is 1. The number of rotatable bonds is 3. The van der Waals surface area contributed by atoms with Crippen LogP contribution in [0.3, 0.4) is 0 Å². The van der Waals surface area contributed by atoms with Crippen LogP contribution in [0, 0.1) is 5.41 Å². The van der Waals surface area contributed by atoms with Gasteiger partial charge in [0.25, 0.3) is 5.91 Å². The van der Waals surface area contributed by atoms with Gasteiger partial charge in [0.05, 0.1) is 28.8 Å². The molecule has 4 rings (SSSR count). The number of carbonyl (C=O) groups excluding carboxylic acids is 1. The Morgan fingerprint density at radius 2 is 1.78 bits per heavy atom. The van der Waals surface area contributed by atoms with E-state index in [1.165, 1.54) is 4.90 Å². The third-order valence-corrected chi connectivity index (χ3v) is 5.69. The summed E-state index contributed by atoms with van der Waals surface area (Å²) in [5, 5.41) is 8.79. The smallest absolute Gasteiger partial charge is 0.271 e. The average molecular weight is 400 g/mol. The van der Waals surface area contributed by atoms with Crippen molar-refractivity contribution in [3.05, 3.63) is 64.0 Å². The van der Waals surface area contributed by atoms with E-state index in [0.717, 1.165) is 49.3 Å². The quantitative estimate of drug-likeness (QED) is 0.784. The van der Waals surface area contributed by atoms with Gasteiger partial charge in [0.1, 0.15) is 0 Å². The maximum atomic E-state index is 12.8. The van der Waals surface area contributed by atoms with Crippen molar-refractivity contribution in [2.75, 3.05) is 36.1 Å². The molecule has 0 bridgehead atoms. The molecule has 0 saturated carbocycles. The number of ether oxygens (including phenoxy) is 1. The number of halogens is 1.